The average molecular weight is 2110 g/mol. The minimum atomic E-state index is -3.95. The van der Waals surface area contributed by atoms with E-state index in [0.717, 1.165) is 28.4 Å². The number of rotatable bonds is 29. The molecule has 3 unspecified atom stereocenters. The highest BCUT2D eigenvalue weighted by atomic mass is 32.2. The number of carbonyl (C=O) groups is 22. The van der Waals surface area contributed by atoms with Crippen LogP contribution in [0.15, 0.2) is 46.5 Å². The lowest BCUT2D eigenvalue weighted by Gasteiger charge is -2.32. The molecule has 7 aliphatic heterocycles. The van der Waals surface area contributed by atoms with Gasteiger partial charge in [0.1, 0.15) is 72.5 Å². The normalized spacial score (nSPS) is 25.5. The highest BCUT2D eigenvalue weighted by Gasteiger charge is 2.46. The summed E-state index contributed by atoms with van der Waals surface area (Å²) in [6.45, 7) is 10.5. The first-order chi connectivity index (χ1) is 69.5. The Morgan fingerprint density at radius 1 is 0.432 bits per heavy atom. The molecule has 11 rings (SSSR count). The highest BCUT2D eigenvalue weighted by molar-refractivity contribution is 7.99. The van der Waals surface area contributed by atoms with Crippen LogP contribution < -0.4 is 112 Å². The van der Waals surface area contributed by atoms with Crippen molar-refractivity contribution in [3.63, 3.8) is 0 Å². The molecule has 4 aromatic rings. The van der Waals surface area contributed by atoms with Crippen LogP contribution in [0.2, 0.25) is 0 Å². The van der Waals surface area contributed by atoms with Gasteiger partial charge in [-0.15, -0.1) is 23.5 Å². The number of anilines is 2. The number of aromatic amines is 2. The molecule has 3 fully saturated rings. The molecule has 17 atom stereocenters. The molecule has 3 saturated heterocycles. The molecule has 49 nitrogen and oxygen atoms in total. The van der Waals surface area contributed by atoms with E-state index in [0.29, 0.717) is 60.3 Å². The van der Waals surface area contributed by atoms with Gasteiger partial charge < -0.3 is 116 Å². The number of thioether (sulfide) groups is 2. The number of thiol groups is 1. The molecule has 146 heavy (non-hydrogen) atoms. The van der Waals surface area contributed by atoms with Crippen LogP contribution in [0.5, 0.6) is 0 Å². The van der Waals surface area contributed by atoms with Gasteiger partial charge in [0.2, 0.25) is 130 Å². The molecule has 2 aromatic carbocycles. The molecule has 7 aliphatic rings. The van der Waals surface area contributed by atoms with E-state index >= 15 is 14.2 Å². The van der Waals surface area contributed by atoms with Crippen molar-refractivity contribution in [2.45, 2.75) is 259 Å². The van der Waals surface area contributed by atoms with Crippen molar-refractivity contribution >= 4 is 207 Å². The van der Waals surface area contributed by atoms with E-state index in [9.17, 15) is 95.9 Å². The first kappa shape index (κ1) is 114. The van der Waals surface area contributed by atoms with Gasteiger partial charge in [0, 0.05) is 116 Å². The molecule has 796 valence electrons. The van der Waals surface area contributed by atoms with Crippen molar-refractivity contribution in [3.05, 3.63) is 47.5 Å². The zero-order valence-corrected chi connectivity index (χ0v) is 86.0. The summed E-state index contributed by atoms with van der Waals surface area (Å²) in [7, 11) is -3.95. The van der Waals surface area contributed by atoms with Crippen molar-refractivity contribution in [3.8, 4) is 0 Å². The Balaban J connectivity index is 0.840. The van der Waals surface area contributed by atoms with E-state index in [1.165, 1.54) is 9.80 Å². The Kier molecular flexibility index (Phi) is 40.8. The summed E-state index contributed by atoms with van der Waals surface area (Å²) in [5.74, 6) is -20.9. The van der Waals surface area contributed by atoms with Crippen LogP contribution in [-0.4, -0.2) is 309 Å². The number of aromatic nitrogens is 2. The lowest BCUT2D eigenvalue weighted by Crippen LogP contribution is -2.61. The third kappa shape index (κ3) is 30.2. The molecule has 0 aliphatic carbocycles. The second-order valence-corrected chi connectivity index (χ2v) is 42.5. The SMILES string of the molecule is CCC(C)[C@@H]1NC(=O)[C@@H]2CCCN2C(=O)[C@H](CC(N)=O)NC(=O)[C@@H]2CSc3[nH]c4ccc(NC(=O)CCCNP(=O)(NCCCC(=O)Nc5ccc6[nH]c7c(c6c5)C[C@@H]5NC(=O)[C@H](C(C)CC)NC(=O)[C@@H]6CCCN6C(=O)[C@H](CC(N)=O)NC(=O)[C@H](CS7)NC(=O)CNC(=O)[C@H]([C@@H](C)CC)NC(=O)CNC5=O)NCCCN5C(=O)CC(S)C5=O)cc4c3C[C@H](NC1=O)C(=O)NCC(=O)N[C@@H]([C@@H](C)CC)C(=O)NCC(=O)N2. The Morgan fingerprint density at radius 2 is 0.795 bits per heavy atom. The number of nitrogens with one attached hydrogen (secondary N) is 21. The van der Waals surface area contributed by atoms with Crippen molar-refractivity contribution < 1.29 is 110 Å². The monoisotopic (exact) mass is 2110 g/mol. The number of benzene rings is 2. The second-order valence-electron chi connectivity index (χ2n) is 37.7. The fourth-order valence-corrected chi connectivity index (χ4v) is 22.3. The summed E-state index contributed by atoms with van der Waals surface area (Å²) in [6, 6.07) is -8.01. The first-order valence-corrected chi connectivity index (χ1v) is 53.5. The molecular formula is C93H133N26O23PS3. The zero-order valence-electron chi connectivity index (χ0n) is 82.6. The van der Waals surface area contributed by atoms with Crippen molar-refractivity contribution in [1.82, 2.24) is 114 Å². The van der Waals surface area contributed by atoms with Gasteiger partial charge >= 0.3 is 0 Å². The molecule has 0 radical (unpaired) electrons. The van der Waals surface area contributed by atoms with Crippen LogP contribution in [0, 0.1) is 23.7 Å². The molecular weight excluding hydrogens is 1980 g/mol. The van der Waals surface area contributed by atoms with Gasteiger partial charge in [0.15, 0.2) is 0 Å². The molecule has 2 aromatic heterocycles. The minimum Gasteiger partial charge on any atom is -0.370 e. The molecule has 0 saturated carbocycles. The first-order valence-electron chi connectivity index (χ1n) is 49.3. The third-order valence-electron chi connectivity index (χ3n) is 27.0. The number of imide groups is 1. The van der Waals surface area contributed by atoms with Gasteiger partial charge in [0.25, 0.3) is 7.59 Å². The Morgan fingerprint density at radius 3 is 1.16 bits per heavy atom. The Bertz CT molecular complexity index is 5400. The van der Waals surface area contributed by atoms with E-state index < -0.39 is 291 Å². The van der Waals surface area contributed by atoms with Crippen LogP contribution in [0.25, 0.3) is 21.8 Å². The summed E-state index contributed by atoms with van der Waals surface area (Å²) in [5.41, 5.74) is 13.1. The largest absolute Gasteiger partial charge is 0.370 e. The molecule has 4 bridgehead atoms. The minimum absolute atomic E-state index is 0.00566. The van der Waals surface area contributed by atoms with Crippen molar-refractivity contribution in [1.29, 1.82) is 0 Å². The van der Waals surface area contributed by atoms with Gasteiger partial charge in [-0.05, 0) is 116 Å². The lowest BCUT2D eigenvalue weighted by molar-refractivity contribution is -0.143. The lowest BCUT2D eigenvalue weighted by atomic mass is 9.96. The van der Waals surface area contributed by atoms with Crippen LogP contribution >= 0.6 is 43.7 Å². The number of amides is 22. The van der Waals surface area contributed by atoms with Crippen molar-refractivity contribution in [2.24, 2.45) is 35.1 Å². The molecule has 0 spiro atoms. The average Bonchev–Trinajstić information content (AvgIpc) is 1.63. The Labute approximate surface area is 855 Å². The topological polar surface area (TPSA) is 715 Å². The predicted octanol–water partition coefficient (Wildman–Crippen LogP) is -3.34. The quantitative estimate of drug-likeness (QED) is 0.0109. The van der Waals surface area contributed by atoms with E-state index in [1.807, 2.05) is 0 Å². The molecule has 9 heterocycles. The summed E-state index contributed by atoms with van der Waals surface area (Å²) in [5, 5.41) is 52.0. The number of fused-ring (bicyclic) bond motifs is 10. The van der Waals surface area contributed by atoms with Crippen molar-refractivity contribution in [2.75, 3.05) is 87.6 Å². The maximum absolute atomic E-state index is 15.1. The maximum Gasteiger partial charge on any atom is 0.279 e. The Hall–Kier alpha value is -12.8. The van der Waals surface area contributed by atoms with Gasteiger partial charge in [0.05, 0.1) is 54.3 Å². The zero-order chi connectivity index (χ0) is 106. The standard InChI is InChI=1S/C93H133N26O23PS3/c1-9-45(5)75-85(135)98-39-70(124)105-61-43-145-89-53(34-57(79(129)96-41-72(126)113-75)107-87(137)77(47(7)11-3)115-83(133)63-18-15-29-117(63)91(139)59(36-66(94)120)109-81(61)131)51-32-49(22-24-55(51)111-89)103-68(122)20-13-26-100-143(142,102-28-17-31-119-74(128)38-65(144)93(119)141)101-27-14-21-69(123)104-50-23-25-56-52(33-50)54-35-58-80(130)97-42-73(127)114-76(46(6)10-2)86(136)99-40-71(125)106-62(44-146-90(54)112-56)82(132)110-60(37-67(95)121)92(140)118-30-16-19-64(118)84(134)116-78(48(8)12-4)88(138)108-58/h22-25,32-33,45-48,57-65,75-78,111-112,144H,9-21,26-31,34-44H2,1-8H3,(H2,94,120)(H2,95,121)(H,96,129)(H,97,130)(H,98,135)(H,99,136)(H,103,122)(H,104,123)(H,105,124)(H,106,125)(H,107,137)(H,108,138)(H,109,131)(H,110,132)(H,113,126)(H,114,127)(H,115,133)(H,116,134)(H3,100,101,102,142)/t45-,46-,47?,48?,57-,58-,59-,60-,61-,62-,63-,64-,65?,75-,76-,77-,78-,143?/m0/s1. The van der Waals surface area contributed by atoms with Gasteiger partial charge in [-0.25, -0.2) is 15.3 Å². The number of carbonyl (C=O) groups excluding carboxylic acids is 22. The van der Waals surface area contributed by atoms with Gasteiger partial charge in [-0.3, -0.25) is 115 Å². The van der Waals surface area contributed by atoms with Crippen LogP contribution in [0.1, 0.15) is 169 Å². The summed E-state index contributed by atoms with van der Waals surface area (Å²) < 4.78 is 15.1. The highest BCUT2D eigenvalue weighted by Crippen LogP contribution is 2.38. The van der Waals surface area contributed by atoms with E-state index in [1.54, 1.807) is 91.8 Å². The number of nitrogens with zero attached hydrogens (tertiary/aromatic N) is 3. The summed E-state index contributed by atoms with van der Waals surface area (Å²) in [4.78, 5) is 321. The van der Waals surface area contributed by atoms with Crippen LogP contribution in [0.3, 0.4) is 0 Å². The van der Waals surface area contributed by atoms with Gasteiger partial charge in [-0.1, -0.05) is 81.1 Å². The number of H-pyrrole nitrogens is 2. The fraction of sp³-hybridized carbons (Fsp3) is 0.591. The maximum atomic E-state index is 15.1. The number of primary amides is 2. The number of hydrogen-bond donors (Lipinski definition) is 24. The van der Waals surface area contributed by atoms with E-state index in [2.05, 4.69) is 123 Å². The number of likely N-dealkylation sites (tertiary alicyclic amines) is 1. The van der Waals surface area contributed by atoms with Crippen LogP contribution in [0.4, 0.5) is 11.4 Å². The third-order valence-corrected chi connectivity index (χ3v) is 31.7. The smallest absolute Gasteiger partial charge is 0.279 e. The number of hydrogen-bond acceptors (Lipinski definition) is 26. The second kappa shape index (κ2) is 52.5. The predicted molar refractivity (Wildman–Crippen MR) is 538 cm³/mol. The van der Waals surface area contributed by atoms with Crippen LogP contribution in [-0.2, 0) is 123 Å². The molecule has 22 amide bonds. The number of nitrogens with two attached hydrogens (primary N) is 2. The van der Waals surface area contributed by atoms with Gasteiger partial charge in [-0.2, -0.15) is 12.6 Å². The van der Waals surface area contributed by atoms with E-state index in [4.69, 9.17) is 11.5 Å². The molecule has 53 heteroatoms. The fourth-order valence-electron chi connectivity index (χ4n) is 18.0. The summed E-state index contributed by atoms with van der Waals surface area (Å²) in [6.07, 6.45) is -0.587. The van der Waals surface area contributed by atoms with E-state index in [-0.39, 0.29) is 135 Å². The molecule has 25 N–H and O–H groups in total. The summed E-state index contributed by atoms with van der Waals surface area (Å²) >= 11 is 6.12.